The van der Waals surface area contributed by atoms with Gasteiger partial charge in [-0.2, -0.15) is 0 Å². The highest BCUT2D eigenvalue weighted by molar-refractivity contribution is 6.31. The van der Waals surface area contributed by atoms with Crippen molar-refractivity contribution in [2.75, 3.05) is 0 Å². The van der Waals surface area contributed by atoms with E-state index in [4.69, 9.17) is 11.6 Å². The molecule has 0 aliphatic carbocycles. The number of aromatic hydroxyl groups is 1. The Labute approximate surface area is 100 Å². The second kappa shape index (κ2) is 4.58. The summed E-state index contributed by atoms with van der Waals surface area (Å²) < 4.78 is 0. The van der Waals surface area contributed by atoms with E-state index in [1.165, 1.54) is 0 Å². The maximum Gasteiger partial charge on any atom is 0.115 e. The van der Waals surface area contributed by atoms with Crippen molar-refractivity contribution in [2.24, 2.45) is 0 Å². The van der Waals surface area contributed by atoms with E-state index < -0.39 is 0 Å². The largest absolute Gasteiger partial charge is 0.508 e. The van der Waals surface area contributed by atoms with Crippen LogP contribution in [0.2, 0.25) is 5.02 Å². The zero-order valence-electron chi connectivity index (χ0n) is 9.02. The van der Waals surface area contributed by atoms with Crippen LogP contribution in [0.3, 0.4) is 0 Å². The van der Waals surface area contributed by atoms with Crippen molar-refractivity contribution in [2.45, 2.75) is 12.8 Å². The molecule has 0 radical (unpaired) electrons. The van der Waals surface area contributed by atoms with Gasteiger partial charge in [-0.15, -0.1) is 0 Å². The topological polar surface area (TPSA) is 20.2 Å². The number of phenolic OH excluding ortho intramolecular Hbond substituents is 1. The Hall–Kier alpha value is -1.47. The number of rotatable bonds is 2. The minimum Gasteiger partial charge on any atom is -0.508 e. The van der Waals surface area contributed by atoms with Crippen LogP contribution in [0, 0.1) is 0 Å². The molecule has 0 heterocycles. The van der Waals surface area contributed by atoms with E-state index in [0.29, 0.717) is 0 Å². The highest BCUT2D eigenvalue weighted by atomic mass is 35.5. The van der Waals surface area contributed by atoms with Crippen LogP contribution < -0.4 is 0 Å². The first-order chi connectivity index (χ1) is 7.68. The third kappa shape index (κ3) is 2.20. The van der Waals surface area contributed by atoms with E-state index in [1.54, 1.807) is 12.1 Å². The zero-order valence-corrected chi connectivity index (χ0v) is 9.78. The molecular formula is C14H13ClO. The molecule has 0 aliphatic rings. The van der Waals surface area contributed by atoms with Gasteiger partial charge in [0, 0.05) is 10.9 Å². The van der Waals surface area contributed by atoms with Crippen LogP contribution in [-0.4, -0.2) is 5.11 Å². The summed E-state index contributed by atoms with van der Waals surface area (Å²) in [5.74, 6) is 0.470. The van der Waals surface area contributed by atoms with E-state index in [-0.39, 0.29) is 11.7 Å². The first-order valence-electron chi connectivity index (χ1n) is 5.22. The number of halogens is 1. The Morgan fingerprint density at radius 1 is 1.06 bits per heavy atom. The van der Waals surface area contributed by atoms with Crippen molar-refractivity contribution < 1.29 is 5.11 Å². The lowest BCUT2D eigenvalue weighted by Crippen LogP contribution is -1.96. The molecular weight excluding hydrogens is 220 g/mol. The summed E-state index contributed by atoms with van der Waals surface area (Å²) >= 11 is 6.15. The molecule has 0 saturated carbocycles. The predicted molar refractivity (Wildman–Crippen MR) is 67.1 cm³/mol. The third-order valence-electron chi connectivity index (χ3n) is 2.74. The first-order valence-corrected chi connectivity index (χ1v) is 5.59. The fourth-order valence-corrected chi connectivity index (χ4v) is 2.10. The minimum atomic E-state index is 0.181. The highest BCUT2D eigenvalue weighted by Gasteiger charge is 2.11. The van der Waals surface area contributed by atoms with Gasteiger partial charge in [0.15, 0.2) is 0 Å². The molecule has 1 unspecified atom stereocenters. The Bertz CT molecular complexity index is 494. The van der Waals surface area contributed by atoms with Gasteiger partial charge in [0.25, 0.3) is 0 Å². The Kier molecular flexibility index (Phi) is 3.16. The van der Waals surface area contributed by atoms with Crippen molar-refractivity contribution in [3.63, 3.8) is 0 Å². The van der Waals surface area contributed by atoms with Gasteiger partial charge in [0.05, 0.1) is 0 Å². The molecule has 82 valence electrons. The van der Waals surface area contributed by atoms with Crippen molar-refractivity contribution in [1.29, 1.82) is 0 Å². The zero-order chi connectivity index (χ0) is 11.5. The SMILES string of the molecule is CC(c1cccc(O)c1)c1ccccc1Cl. The number of hydrogen-bond donors (Lipinski definition) is 1. The molecule has 2 aromatic carbocycles. The van der Waals surface area contributed by atoms with Gasteiger partial charge in [-0.1, -0.05) is 48.9 Å². The lowest BCUT2D eigenvalue weighted by Gasteiger charge is -2.14. The quantitative estimate of drug-likeness (QED) is 0.823. The van der Waals surface area contributed by atoms with Crippen LogP contribution in [-0.2, 0) is 0 Å². The monoisotopic (exact) mass is 232 g/mol. The molecule has 2 rings (SSSR count). The van der Waals surface area contributed by atoms with E-state index >= 15 is 0 Å². The highest BCUT2D eigenvalue weighted by Crippen LogP contribution is 2.30. The average Bonchev–Trinajstić information content (AvgIpc) is 2.29. The first kappa shape index (κ1) is 11.0. The van der Waals surface area contributed by atoms with Gasteiger partial charge in [-0.25, -0.2) is 0 Å². The molecule has 0 bridgehead atoms. The maximum absolute atomic E-state index is 9.45. The average molecular weight is 233 g/mol. The van der Waals surface area contributed by atoms with Crippen LogP contribution >= 0.6 is 11.6 Å². The molecule has 0 amide bonds. The molecule has 2 heteroatoms. The molecule has 16 heavy (non-hydrogen) atoms. The summed E-state index contributed by atoms with van der Waals surface area (Å²) in [6.07, 6.45) is 0. The van der Waals surface area contributed by atoms with Crippen molar-refractivity contribution in [3.8, 4) is 5.75 Å². The molecule has 1 nitrogen and oxygen atoms in total. The Morgan fingerprint density at radius 2 is 1.81 bits per heavy atom. The molecule has 2 aromatic rings. The minimum absolute atomic E-state index is 0.181. The molecule has 0 fully saturated rings. The van der Waals surface area contributed by atoms with E-state index in [0.717, 1.165) is 16.1 Å². The van der Waals surface area contributed by atoms with Crippen LogP contribution in [0.25, 0.3) is 0 Å². The lowest BCUT2D eigenvalue weighted by atomic mass is 9.93. The number of hydrogen-bond acceptors (Lipinski definition) is 1. The second-order valence-electron chi connectivity index (χ2n) is 3.84. The Balaban J connectivity index is 2.39. The van der Waals surface area contributed by atoms with Crippen molar-refractivity contribution in [3.05, 3.63) is 64.7 Å². The van der Waals surface area contributed by atoms with Crippen LogP contribution in [0.1, 0.15) is 24.0 Å². The summed E-state index contributed by atoms with van der Waals surface area (Å²) in [7, 11) is 0. The summed E-state index contributed by atoms with van der Waals surface area (Å²) in [5, 5.41) is 10.2. The molecule has 0 saturated heterocycles. The summed E-state index contributed by atoms with van der Waals surface area (Å²) in [4.78, 5) is 0. The standard InChI is InChI=1S/C14H13ClO/c1-10(11-5-4-6-12(16)9-11)13-7-2-3-8-14(13)15/h2-10,16H,1H3. The summed E-state index contributed by atoms with van der Waals surface area (Å²) in [6.45, 7) is 2.08. The third-order valence-corrected chi connectivity index (χ3v) is 3.09. The molecule has 0 spiro atoms. The summed E-state index contributed by atoms with van der Waals surface area (Å²) in [6, 6.07) is 15.1. The number of benzene rings is 2. The lowest BCUT2D eigenvalue weighted by molar-refractivity contribution is 0.474. The van der Waals surface area contributed by atoms with E-state index in [9.17, 15) is 5.11 Å². The molecule has 0 aromatic heterocycles. The van der Waals surface area contributed by atoms with Gasteiger partial charge in [0.2, 0.25) is 0 Å². The van der Waals surface area contributed by atoms with Gasteiger partial charge in [0.1, 0.15) is 5.75 Å². The van der Waals surface area contributed by atoms with Gasteiger partial charge >= 0.3 is 0 Å². The molecule has 0 aliphatic heterocycles. The second-order valence-corrected chi connectivity index (χ2v) is 4.25. The molecule has 1 N–H and O–H groups in total. The smallest absolute Gasteiger partial charge is 0.115 e. The van der Waals surface area contributed by atoms with Crippen LogP contribution in [0.15, 0.2) is 48.5 Å². The molecule has 1 atom stereocenters. The summed E-state index contributed by atoms with van der Waals surface area (Å²) in [5.41, 5.74) is 2.14. The van der Waals surface area contributed by atoms with Gasteiger partial charge in [-0.05, 0) is 29.3 Å². The van der Waals surface area contributed by atoms with Crippen LogP contribution in [0.5, 0.6) is 5.75 Å². The van der Waals surface area contributed by atoms with Crippen molar-refractivity contribution >= 4 is 11.6 Å². The Morgan fingerprint density at radius 3 is 2.50 bits per heavy atom. The number of phenols is 1. The normalized spacial score (nSPS) is 12.4. The van der Waals surface area contributed by atoms with Crippen molar-refractivity contribution in [1.82, 2.24) is 0 Å². The van der Waals surface area contributed by atoms with Gasteiger partial charge < -0.3 is 5.11 Å². The van der Waals surface area contributed by atoms with E-state index in [1.807, 2.05) is 36.4 Å². The van der Waals surface area contributed by atoms with Gasteiger partial charge in [-0.3, -0.25) is 0 Å². The van der Waals surface area contributed by atoms with E-state index in [2.05, 4.69) is 6.92 Å². The fourth-order valence-electron chi connectivity index (χ4n) is 1.80. The maximum atomic E-state index is 9.45. The predicted octanol–water partition coefficient (Wildman–Crippen LogP) is 4.20. The fraction of sp³-hybridized carbons (Fsp3) is 0.143. The van der Waals surface area contributed by atoms with Crippen LogP contribution in [0.4, 0.5) is 0 Å².